The molecular weight excluding hydrogens is 350 g/mol. The van der Waals surface area contributed by atoms with Crippen molar-refractivity contribution < 1.29 is 17.9 Å². The number of hydrogen-bond donors (Lipinski definition) is 1. The molecule has 0 amide bonds. The second kappa shape index (κ2) is 7.88. The van der Waals surface area contributed by atoms with Crippen molar-refractivity contribution in [3.05, 3.63) is 52.5 Å². The minimum atomic E-state index is -3.61. The molecule has 0 saturated heterocycles. The fourth-order valence-corrected chi connectivity index (χ4v) is 3.99. The summed E-state index contributed by atoms with van der Waals surface area (Å²) < 4.78 is 38.2. The van der Waals surface area contributed by atoms with Crippen LogP contribution in [-0.2, 0) is 10.0 Å². The maximum Gasteiger partial charge on any atom is 0.241 e. The Morgan fingerprint density at radius 2 is 1.62 bits per heavy atom. The highest BCUT2D eigenvalue weighted by atomic mass is 35.5. The van der Waals surface area contributed by atoms with Crippen LogP contribution in [0.25, 0.3) is 0 Å². The summed E-state index contributed by atoms with van der Waals surface area (Å²) in [4.78, 5) is 0.273. The van der Waals surface area contributed by atoms with Gasteiger partial charge in [-0.1, -0.05) is 11.6 Å². The number of rotatable bonds is 7. The van der Waals surface area contributed by atoms with E-state index >= 15 is 0 Å². The van der Waals surface area contributed by atoms with Gasteiger partial charge in [-0.25, -0.2) is 13.1 Å². The van der Waals surface area contributed by atoms with Gasteiger partial charge in [0.2, 0.25) is 10.0 Å². The van der Waals surface area contributed by atoms with Gasteiger partial charge in [-0.2, -0.15) is 0 Å². The lowest BCUT2D eigenvalue weighted by Crippen LogP contribution is -2.29. The standard InChI is InChI=1S/C17H20ClNO4S/c1-12-10-16(22-3)11-13(2)17(12)24(20,21)19-8-9-23-15-6-4-14(18)5-7-15/h4-7,10-11,19H,8-9H2,1-3H3. The SMILES string of the molecule is COc1cc(C)c(S(=O)(=O)NCCOc2ccc(Cl)cc2)c(C)c1. The average molecular weight is 370 g/mol. The topological polar surface area (TPSA) is 64.6 Å². The van der Waals surface area contributed by atoms with Gasteiger partial charge in [-0.05, 0) is 61.4 Å². The summed E-state index contributed by atoms with van der Waals surface area (Å²) in [5, 5.41) is 0.619. The van der Waals surface area contributed by atoms with Crippen LogP contribution in [0.2, 0.25) is 5.02 Å². The monoisotopic (exact) mass is 369 g/mol. The van der Waals surface area contributed by atoms with Crippen LogP contribution in [0.5, 0.6) is 11.5 Å². The number of hydrogen-bond acceptors (Lipinski definition) is 4. The van der Waals surface area contributed by atoms with Crippen LogP contribution in [0, 0.1) is 13.8 Å². The molecule has 7 heteroatoms. The summed E-state index contributed by atoms with van der Waals surface area (Å²) in [6, 6.07) is 10.3. The predicted molar refractivity (Wildman–Crippen MR) is 94.6 cm³/mol. The Hall–Kier alpha value is -1.76. The first-order valence-electron chi connectivity index (χ1n) is 7.37. The Morgan fingerprint density at radius 3 is 2.17 bits per heavy atom. The van der Waals surface area contributed by atoms with E-state index in [0.29, 0.717) is 27.6 Å². The van der Waals surface area contributed by atoms with Crippen molar-refractivity contribution in [2.24, 2.45) is 0 Å². The highest BCUT2D eigenvalue weighted by molar-refractivity contribution is 7.89. The molecule has 0 aliphatic heterocycles. The van der Waals surface area contributed by atoms with Crippen molar-refractivity contribution in [1.29, 1.82) is 0 Å². The molecular formula is C17H20ClNO4S. The van der Waals surface area contributed by atoms with E-state index in [1.165, 1.54) is 0 Å². The molecule has 0 heterocycles. The van der Waals surface area contributed by atoms with Gasteiger partial charge in [0.1, 0.15) is 18.1 Å². The summed E-state index contributed by atoms with van der Waals surface area (Å²) in [5.41, 5.74) is 1.27. The van der Waals surface area contributed by atoms with Gasteiger partial charge in [0.25, 0.3) is 0 Å². The van der Waals surface area contributed by atoms with E-state index < -0.39 is 10.0 Å². The molecule has 0 spiro atoms. The van der Waals surface area contributed by atoms with Gasteiger partial charge in [0, 0.05) is 11.6 Å². The summed E-state index contributed by atoms with van der Waals surface area (Å²) in [7, 11) is -2.06. The number of sulfonamides is 1. The molecule has 0 aliphatic rings. The smallest absolute Gasteiger partial charge is 0.241 e. The van der Waals surface area contributed by atoms with Gasteiger partial charge in [-0.15, -0.1) is 0 Å². The predicted octanol–water partition coefficient (Wildman–Crippen LogP) is 3.32. The van der Waals surface area contributed by atoms with Crippen LogP contribution >= 0.6 is 11.6 Å². The van der Waals surface area contributed by atoms with E-state index in [0.717, 1.165) is 0 Å². The number of ether oxygens (including phenoxy) is 2. The summed E-state index contributed by atoms with van der Waals surface area (Å²) in [5.74, 6) is 1.27. The van der Waals surface area contributed by atoms with E-state index in [1.807, 2.05) is 0 Å². The lowest BCUT2D eigenvalue weighted by atomic mass is 10.1. The molecule has 0 bridgehead atoms. The summed E-state index contributed by atoms with van der Waals surface area (Å²) in [6.07, 6.45) is 0. The summed E-state index contributed by atoms with van der Waals surface area (Å²) >= 11 is 5.80. The molecule has 0 unspecified atom stereocenters. The Bertz CT molecular complexity index is 781. The van der Waals surface area contributed by atoms with Crippen molar-refractivity contribution >= 4 is 21.6 Å². The number of benzene rings is 2. The first kappa shape index (κ1) is 18.6. The molecule has 0 saturated carbocycles. The Labute approximate surface area is 147 Å². The van der Waals surface area contributed by atoms with Crippen molar-refractivity contribution in [2.75, 3.05) is 20.3 Å². The minimum Gasteiger partial charge on any atom is -0.497 e. The van der Waals surface area contributed by atoms with Crippen LogP contribution in [0.15, 0.2) is 41.3 Å². The summed E-state index contributed by atoms with van der Waals surface area (Å²) in [6.45, 7) is 3.87. The van der Waals surface area contributed by atoms with Crippen molar-refractivity contribution in [3.8, 4) is 11.5 Å². The highest BCUT2D eigenvalue weighted by Crippen LogP contribution is 2.25. The first-order chi connectivity index (χ1) is 11.3. The third-order valence-corrected chi connectivity index (χ3v) is 5.43. The molecule has 130 valence electrons. The van der Waals surface area contributed by atoms with Crippen LogP contribution < -0.4 is 14.2 Å². The maximum absolute atomic E-state index is 12.5. The molecule has 5 nitrogen and oxygen atoms in total. The zero-order chi connectivity index (χ0) is 17.7. The van der Waals surface area contributed by atoms with Crippen LogP contribution in [0.4, 0.5) is 0 Å². The molecule has 0 aliphatic carbocycles. The third-order valence-electron chi connectivity index (χ3n) is 3.41. The van der Waals surface area contributed by atoms with E-state index in [-0.39, 0.29) is 18.0 Å². The second-order valence-electron chi connectivity index (χ2n) is 5.29. The molecule has 2 aromatic rings. The van der Waals surface area contributed by atoms with Crippen LogP contribution in [-0.4, -0.2) is 28.7 Å². The number of halogens is 1. The van der Waals surface area contributed by atoms with E-state index in [4.69, 9.17) is 21.1 Å². The van der Waals surface area contributed by atoms with Gasteiger partial charge in [0.15, 0.2) is 0 Å². The van der Waals surface area contributed by atoms with Crippen LogP contribution in [0.3, 0.4) is 0 Å². The molecule has 2 aromatic carbocycles. The zero-order valence-corrected chi connectivity index (χ0v) is 15.4. The van der Waals surface area contributed by atoms with Crippen molar-refractivity contribution in [3.63, 3.8) is 0 Å². The largest absolute Gasteiger partial charge is 0.497 e. The lowest BCUT2D eigenvalue weighted by Gasteiger charge is -2.14. The molecule has 0 atom stereocenters. The second-order valence-corrected chi connectivity index (χ2v) is 7.43. The molecule has 0 radical (unpaired) electrons. The Kier molecular flexibility index (Phi) is 6.10. The van der Waals surface area contributed by atoms with E-state index in [9.17, 15) is 8.42 Å². The Balaban J connectivity index is 2.00. The zero-order valence-electron chi connectivity index (χ0n) is 13.8. The minimum absolute atomic E-state index is 0.163. The third kappa shape index (κ3) is 4.63. The Morgan fingerprint density at radius 1 is 1.04 bits per heavy atom. The van der Waals surface area contributed by atoms with E-state index in [1.54, 1.807) is 57.4 Å². The fraction of sp³-hybridized carbons (Fsp3) is 0.294. The molecule has 1 N–H and O–H groups in total. The molecule has 2 rings (SSSR count). The van der Waals surface area contributed by atoms with E-state index in [2.05, 4.69) is 4.72 Å². The van der Waals surface area contributed by atoms with Gasteiger partial charge >= 0.3 is 0 Å². The average Bonchev–Trinajstić information content (AvgIpc) is 2.52. The van der Waals surface area contributed by atoms with Crippen molar-refractivity contribution in [2.45, 2.75) is 18.7 Å². The quantitative estimate of drug-likeness (QED) is 0.760. The number of aryl methyl sites for hydroxylation is 2. The number of methoxy groups -OCH3 is 1. The number of nitrogens with one attached hydrogen (secondary N) is 1. The maximum atomic E-state index is 12.5. The van der Waals surface area contributed by atoms with Gasteiger partial charge < -0.3 is 9.47 Å². The van der Waals surface area contributed by atoms with Crippen molar-refractivity contribution in [1.82, 2.24) is 4.72 Å². The normalized spacial score (nSPS) is 11.3. The first-order valence-corrected chi connectivity index (χ1v) is 9.23. The van der Waals surface area contributed by atoms with Crippen LogP contribution in [0.1, 0.15) is 11.1 Å². The molecule has 0 fully saturated rings. The molecule has 0 aromatic heterocycles. The van der Waals surface area contributed by atoms with Gasteiger partial charge in [-0.3, -0.25) is 0 Å². The molecule has 24 heavy (non-hydrogen) atoms. The fourth-order valence-electron chi connectivity index (χ4n) is 2.40. The lowest BCUT2D eigenvalue weighted by molar-refractivity contribution is 0.323. The van der Waals surface area contributed by atoms with Gasteiger partial charge in [0.05, 0.1) is 12.0 Å². The highest BCUT2D eigenvalue weighted by Gasteiger charge is 2.20.